The minimum absolute atomic E-state index is 0.0273. The number of carbonyl (C=O) groups is 1. The largest absolute Gasteiger partial charge is 0.497 e. The highest BCUT2D eigenvalue weighted by Crippen LogP contribution is 2.31. The molecule has 1 aliphatic heterocycles. The summed E-state index contributed by atoms with van der Waals surface area (Å²) in [6.45, 7) is 0.429. The molecule has 1 heterocycles. The molecule has 0 spiro atoms. The fourth-order valence-corrected chi connectivity index (χ4v) is 2.74. The molecule has 1 amide bonds. The molecule has 2 aromatic rings. The van der Waals surface area contributed by atoms with Crippen LogP contribution < -0.4 is 4.74 Å². The normalized spacial score (nSPS) is 15.0. The van der Waals surface area contributed by atoms with Crippen LogP contribution in [0.2, 0.25) is 0 Å². The molecule has 1 N–H and O–H groups in total. The van der Waals surface area contributed by atoms with E-state index < -0.39 is 0 Å². The Kier molecular flexibility index (Phi) is 3.62. The minimum Gasteiger partial charge on any atom is -0.497 e. The van der Waals surface area contributed by atoms with Crippen molar-refractivity contribution < 1.29 is 14.6 Å². The van der Waals surface area contributed by atoms with E-state index >= 15 is 0 Å². The molecule has 1 atom stereocenters. The van der Waals surface area contributed by atoms with Crippen molar-refractivity contribution in [2.75, 3.05) is 13.7 Å². The van der Waals surface area contributed by atoms with Crippen molar-refractivity contribution in [2.45, 2.75) is 12.6 Å². The second-order valence-electron chi connectivity index (χ2n) is 5.06. The van der Waals surface area contributed by atoms with Gasteiger partial charge in [-0.3, -0.25) is 4.79 Å². The molecule has 3 rings (SSSR count). The number of aliphatic hydroxyl groups excluding tert-OH is 1. The van der Waals surface area contributed by atoms with Gasteiger partial charge >= 0.3 is 0 Å². The number of amides is 1. The zero-order valence-electron chi connectivity index (χ0n) is 11.8. The van der Waals surface area contributed by atoms with Gasteiger partial charge in [-0.25, -0.2) is 0 Å². The molecule has 0 fully saturated rings. The second-order valence-corrected chi connectivity index (χ2v) is 5.06. The number of rotatable bonds is 4. The van der Waals surface area contributed by atoms with E-state index in [2.05, 4.69) is 0 Å². The molecule has 1 aliphatic rings. The molecule has 0 saturated heterocycles. The van der Waals surface area contributed by atoms with E-state index in [0.717, 1.165) is 22.4 Å². The first-order valence-corrected chi connectivity index (χ1v) is 6.88. The summed E-state index contributed by atoms with van der Waals surface area (Å²) in [4.78, 5) is 14.2. The van der Waals surface area contributed by atoms with Crippen LogP contribution >= 0.6 is 0 Å². The number of ether oxygens (including phenoxy) is 1. The first-order valence-electron chi connectivity index (χ1n) is 6.88. The van der Waals surface area contributed by atoms with E-state index in [4.69, 9.17) is 4.74 Å². The van der Waals surface area contributed by atoms with E-state index in [1.54, 1.807) is 12.0 Å². The number of fused-ring (bicyclic) bond motifs is 1. The van der Waals surface area contributed by atoms with Gasteiger partial charge in [-0.2, -0.15) is 0 Å². The molecule has 0 saturated carbocycles. The van der Waals surface area contributed by atoms with Gasteiger partial charge in [-0.15, -0.1) is 0 Å². The molecule has 21 heavy (non-hydrogen) atoms. The summed E-state index contributed by atoms with van der Waals surface area (Å²) in [5.74, 6) is 0.729. The number of carbonyl (C=O) groups excluding carboxylic acids is 1. The Balaban J connectivity index is 1.89. The van der Waals surface area contributed by atoms with Crippen LogP contribution in [0.5, 0.6) is 5.75 Å². The lowest BCUT2D eigenvalue weighted by Crippen LogP contribution is -2.31. The molecular formula is C17H17NO3. The van der Waals surface area contributed by atoms with Crippen LogP contribution in [0.3, 0.4) is 0 Å². The zero-order chi connectivity index (χ0) is 14.8. The van der Waals surface area contributed by atoms with E-state index in [1.165, 1.54) is 0 Å². The number of aliphatic hydroxyl groups is 1. The Morgan fingerprint density at radius 2 is 1.90 bits per heavy atom. The third-order valence-corrected chi connectivity index (χ3v) is 3.90. The molecule has 108 valence electrons. The highest BCUT2D eigenvalue weighted by atomic mass is 16.5. The number of nitrogens with zero attached hydrogens (tertiary/aromatic N) is 1. The molecule has 4 heteroatoms. The maximum atomic E-state index is 12.5. The van der Waals surface area contributed by atoms with Crippen molar-refractivity contribution >= 4 is 5.91 Å². The Morgan fingerprint density at radius 1 is 1.19 bits per heavy atom. The Labute approximate surface area is 123 Å². The SMILES string of the molecule is COc1ccc(C(CO)N2Cc3ccccc3C2=O)cc1. The lowest BCUT2D eigenvalue weighted by atomic mass is 10.1. The maximum Gasteiger partial charge on any atom is 0.255 e. The molecule has 0 aliphatic carbocycles. The van der Waals surface area contributed by atoms with Crippen molar-refractivity contribution in [2.24, 2.45) is 0 Å². The van der Waals surface area contributed by atoms with Crippen molar-refractivity contribution in [1.29, 1.82) is 0 Å². The summed E-state index contributed by atoms with van der Waals surface area (Å²) < 4.78 is 5.14. The van der Waals surface area contributed by atoms with Crippen LogP contribution in [0.4, 0.5) is 0 Å². The third kappa shape index (κ3) is 2.38. The number of methoxy groups -OCH3 is 1. The summed E-state index contributed by atoms with van der Waals surface area (Å²) >= 11 is 0. The van der Waals surface area contributed by atoms with Gasteiger partial charge in [-0.1, -0.05) is 30.3 Å². The third-order valence-electron chi connectivity index (χ3n) is 3.90. The van der Waals surface area contributed by atoms with Crippen LogP contribution in [0.1, 0.15) is 27.5 Å². The van der Waals surface area contributed by atoms with E-state index in [9.17, 15) is 9.90 Å². The van der Waals surface area contributed by atoms with Crippen LogP contribution in [0.15, 0.2) is 48.5 Å². The van der Waals surface area contributed by atoms with E-state index in [0.29, 0.717) is 6.54 Å². The average molecular weight is 283 g/mol. The monoisotopic (exact) mass is 283 g/mol. The minimum atomic E-state index is -0.337. The highest BCUT2D eigenvalue weighted by molar-refractivity contribution is 5.98. The van der Waals surface area contributed by atoms with Gasteiger partial charge in [0.15, 0.2) is 0 Å². The second kappa shape index (κ2) is 5.58. The summed E-state index contributed by atoms with van der Waals surface area (Å²) in [6, 6.07) is 14.7. The Hall–Kier alpha value is -2.33. The van der Waals surface area contributed by atoms with Crippen molar-refractivity contribution in [3.05, 3.63) is 65.2 Å². The molecule has 4 nitrogen and oxygen atoms in total. The molecule has 0 bridgehead atoms. The summed E-state index contributed by atoms with van der Waals surface area (Å²) in [5, 5.41) is 9.74. The smallest absolute Gasteiger partial charge is 0.255 e. The molecule has 1 unspecified atom stereocenters. The predicted octanol–water partition coefficient (Wildman–Crippen LogP) is 2.38. The topological polar surface area (TPSA) is 49.8 Å². The predicted molar refractivity (Wildman–Crippen MR) is 79.1 cm³/mol. The van der Waals surface area contributed by atoms with Crippen LogP contribution in [-0.2, 0) is 6.54 Å². The van der Waals surface area contributed by atoms with Crippen molar-refractivity contribution in [3.8, 4) is 5.75 Å². The van der Waals surface area contributed by atoms with Gasteiger partial charge in [0.1, 0.15) is 5.75 Å². The molecule has 0 radical (unpaired) electrons. The Morgan fingerprint density at radius 3 is 2.52 bits per heavy atom. The van der Waals surface area contributed by atoms with Crippen molar-refractivity contribution in [3.63, 3.8) is 0 Å². The fourth-order valence-electron chi connectivity index (χ4n) is 2.74. The lowest BCUT2D eigenvalue weighted by molar-refractivity contribution is 0.0615. The van der Waals surface area contributed by atoms with Crippen LogP contribution in [0.25, 0.3) is 0 Å². The van der Waals surface area contributed by atoms with Gasteiger partial charge in [0.05, 0.1) is 19.8 Å². The first-order chi connectivity index (χ1) is 10.2. The molecular weight excluding hydrogens is 266 g/mol. The quantitative estimate of drug-likeness (QED) is 0.937. The van der Waals surface area contributed by atoms with Crippen molar-refractivity contribution in [1.82, 2.24) is 4.90 Å². The molecule has 2 aromatic carbocycles. The van der Waals surface area contributed by atoms with Gasteiger partial charge < -0.3 is 14.7 Å². The van der Waals surface area contributed by atoms with Gasteiger partial charge in [0.25, 0.3) is 5.91 Å². The van der Waals surface area contributed by atoms with Gasteiger partial charge in [0.2, 0.25) is 0 Å². The molecule has 0 aromatic heterocycles. The fraction of sp³-hybridized carbons (Fsp3) is 0.235. The average Bonchev–Trinajstić information content (AvgIpc) is 2.86. The summed E-state index contributed by atoms with van der Waals surface area (Å²) in [7, 11) is 1.61. The summed E-state index contributed by atoms with van der Waals surface area (Å²) in [5.41, 5.74) is 2.64. The standard InChI is InChI=1S/C17H17NO3/c1-21-14-8-6-12(7-9-14)16(11-19)18-10-13-4-2-3-5-15(13)17(18)20/h2-9,16,19H,10-11H2,1H3. The summed E-state index contributed by atoms with van der Waals surface area (Å²) in [6.07, 6.45) is 0. The first kappa shape index (κ1) is 13.6. The number of hydrogen-bond acceptors (Lipinski definition) is 3. The van der Waals surface area contributed by atoms with Crippen LogP contribution in [0, 0.1) is 0 Å². The van der Waals surface area contributed by atoms with Crippen LogP contribution in [-0.4, -0.2) is 29.6 Å². The van der Waals surface area contributed by atoms with E-state index in [-0.39, 0.29) is 18.6 Å². The number of hydrogen-bond donors (Lipinski definition) is 1. The highest BCUT2D eigenvalue weighted by Gasteiger charge is 2.32. The van der Waals surface area contributed by atoms with E-state index in [1.807, 2.05) is 48.5 Å². The lowest BCUT2D eigenvalue weighted by Gasteiger charge is -2.26. The zero-order valence-corrected chi connectivity index (χ0v) is 11.8. The van der Waals surface area contributed by atoms with Gasteiger partial charge in [0, 0.05) is 12.1 Å². The number of benzene rings is 2. The Bertz CT molecular complexity index is 651. The maximum absolute atomic E-state index is 12.5. The van der Waals surface area contributed by atoms with Gasteiger partial charge in [-0.05, 0) is 29.3 Å².